The Balaban J connectivity index is 2.09. The molecule has 1 aliphatic heterocycles. The van der Waals surface area contributed by atoms with Crippen LogP contribution in [0.3, 0.4) is 0 Å². The molecule has 26 heavy (non-hydrogen) atoms. The molecule has 0 atom stereocenters. The average molecular weight is 365 g/mol. The number of cyclic esters (lactones) is 1. The van der Waals surface area contributed by atoms with Crippen LogP contribution in [-0.4, -0.2) is 24.1 Å². The van der Waals surface area contributed by atoms with Crippen molar-refractivity contribution in [3.8, 4) is 0 Å². The van der Waals surface area contributed by atoms with Gasteiger partial charge in [0.05, 0.1) is 11.6 Å². The summed E-state index contributed by atoms with van der Waals surface area (Å²) in [6.07, 6.45) is 2.28. The van der Waals surface area contributed by atoms with E-state index in [4.69, 9.17) is 4.74 Å². The predicted octanol–water partition coefficient (Wildman–Crippen LogP) is 5.79. The Bertz CT molecular complexity index is 822. The number of hydrogen-bond donors (Lipinski definition) is 0. The second-order valence-corrected chi connectivity index (χ2v) is 7.39. The van der Waals surface area contributed by atoms with E-state index in [0.29, 0.717) is 19.6 Å². The normalized spacial score (nSPS) is 14.8. The monoisotopic (exact) mass is 365 g/mol. The van der Waals surface area contributed by atoms with Crippen molar-refractivity contribution in [3.63, 3.8) is 0 Å². The molecule has 0 N–H and O–H groups in total. The summed E-state index contributed by atoms with van der Waals surface area (Å²) in [5.74, 6) is 0. The average Bonchev–Trinajstić information content (AvgIpc) is 3.06. The van der Waals surface area contributed by atoms with Crippen LogP contribution in [0.4, 0.5) is 4.79 Å². The third-order valence-electron chi connectivity index (χ3n) is 4.25. The molecule has 3 nitrogen and oxygen atoms in total. The van der Waals surface area contributed by atoms with Crippen LogP contribution in [0.25, 0.3) is 5.57 Å². The van der Waals surface area contributed by atoms with Gasteiger partial charge in [0.2, 0.25) is 0 Å². The van der Waals surface area contributed by atoms with Crippen LogP contribution in [0.2, 0.25) is 0 Å². The molecule has 1 aliphatic rings. The molecule has 0 radical (unpaired) electrons. The van der Waals surface area contributed by atoms with Crippen LogP contribution in [0.5, 0.6) is 0 Å². The summed E-state index contributed by atoms with van der Waals surface area (Å²) >= 11 is 1.60. The summed E-state index contributed by atoms with van der Waals surface area (Å²) in [7, 11) is 0. The van der Waals surface area contributed by atoms with Crippen molar-refractivity contribution in [3.05, 3.63) is 82.9 Å². The van der Waals surface area contributed by atoms with Gasteiger partial charge in [0, 0.05) is 4.90 Å². The van der Waals surface area contributed by atoms with Gasteiger partial charge in [-0.25, -0.2) is 4.79 Å². The topological polar surface area (TPSA) is 29.5 Å². The molecule has 4 heteroatoms. The minimum absolute atomic E-state index is 0.284. The van der Waals surface area contributed by atoms with Gasteiger partial charge in [0.1, 0.15) is 6.61 Å². The first-order valence-electron chi connectivity index (χ1n) is 8.68. The maximum atomic E-state index is 12.3. The third kappa shape index (κ3) is 4.20. The Kier molecular flexibility index (Phi) is 5.84. The second-order valence-electron chi connectivity index (χ2n) is 6.32. The first-order valence-corrected chi connectivity index (χ1v) is 9.50. The van der Waals surface area contributed by atoms with Crippen molar-refractivity contribution >= 4 is 23.4 Å². The van der Waals surface area contributed by atoms with Gasteiger partial charge in [-0.3, -0.25) is 4.90 Å². The van der Waals surface area contributed by atoms with E-state index >= 15 is 0 Å². The summed E-state index contributed by atoms with van der Waals surface area (Å²) in [5, 5.41) is 0.917. The molecule has 1 fully saturated rings. The minimum atomic E-state index is -0.284. The van der Waals surface area contributed by atoms with Gasteiger partial charge in [0.25, 0.3) is 0 Å². The quantitative estimate of drug-likeness (QED) is 0.479. The van der Waals surface area contributed by atoms with E-state index in [9.17, 15) is 4.79 Å². The van der Waals surface area contributed by atoms with E-state index in [1.165, 1.54) is 11.1 Å². The summed E-state index contributed by atoms with van der Waals surface area (Å²) in [4.78, 5) is 15.1. The molecule has 0 aromatic heterocycles. The maximum Gasteiger partial charge on any atom is 0.414 e. The number of carbonyl (C=O) groups excluding carboxylic acids is 1. The SMILES string of the molecule is C=CC/C(=C(\Sc1ccc(C)cc1)N1CCOC1=O)c1ccc(C)cc1. The zero-order valence-electron chi connectivity index (χ0n) is 15.2. The van der Waals surface area contributed by atoms with Gasteiger partial charge in [-0.1, -0.05) is 65.4 Å². The van der Waals surface area contributed by atoms with Gasteiger partial charge < -0.3 is 4.74 Å². The molecule has 2 aromatic carbocycles. The number of hydrogen-bond acceptors (Lipinski definition) is 3. The lowest BCUT2D eigenvalue weighted by molar-refractivity contribution is 0.165. The number of aryl methyl sites for hydroxylation is 2. The number of amides is 1. The fourth-order valence-corrected chi connectivity index (χ4v) is 3.90. The number of ether oxygens (including phenoxy) is 1. The van der Waals surface area contributed by atoms with Crippen LogP contribution in [0.1, 0.15) is 23.1 Å². The van der Waals surface area contributed by atoms with Gasteiger partial charge in [-0.05, 0) is 43.5 Å². The first-order chi connectivity index (χ1) is 12.6. The van der Waals surface area contributed by atoms with E-state index in [0.717, 1.165) is 21.1 Å². The molecule has 0 aliphatic carbocycles. The molecule has 1 heterocycles. The zero-order valence-corrected chi connectivity index (χ0v) is 16.0. The Morgan fingerprint density at radius 1 is 1.12 bits per heavy atom. The minimum Gasteiger partial charge on any atom is -0.447 e. The first kappa shape index (κ1) is 18.3. The Morgan fingerprint density at radius 3 is 2.27 bits per heavy atom. The summed E-state index contributed by atoms with van der Waals surface area (Å²) < 4.78 is 5.20. The van der Waals surface area contributed by atoms with Crippen LogP contribution in [0.15, 0.2) is 71.1 Å². The highest BCUT2D eigenvalue weighted by molar-refractivity contribution is 8.03. The summed E-state index contributed by atoms with van der Waals surface area (Å²) in [6, 6.07) is 16.7. The number of allylic oxidation sites excluding steroid dienone is 2. The van der Waals surface area contributed by atoms with Crippen LogP contribution in [-0.2, 0) is 4.74 Å². The Labute approximate surface area is 159 Å². The van der Waals surface area contributed by atoms with Gasteiger partial charge in [-0.2, -0.15) is 0 Å². The maximum absolute atomic E-state index is 12.3. The largest absolute Gasteiger partial charge is 0.447 e. The lowest BCUT2D eigenvalue weighted by Crippen LogP contribution is -2.23. The van der Waals surface area contributed by atoms with Crippen LogP contribution in [0, 0.1) is 13.8 Å². The number of carbonyl (C=O) groups is 1. The van der Waals surface area contributed by atoms with E-state index < -0.39 is 0 Å². The van der Waals surface area contributed by atoms with E-state index in [-0.39, 0.29) is 6.09 Å². The molecule has 0 bridgehead atoms. The highest BCUT2D eigenvalue weighted by Crippen LogP contribution is 2.38. The summed E-state index contributed by atoms with van der Waals surface area (Å²) in [6.45, 7) is 9.04. The molecule has 1 saturated heterocycles. The van der Waals surface area contributed by atoms with E-state index in [2.05, 4.69) is 69.0 Å². The van der Waals surface area contributed by atoms with Gasteiger partial charge in [0.15, 0.2) is 0 Å². The van der Waals surface area contributed by atoms with Crippen molar-refractivity contribution in [1.82, 2.24) is 4.90 Å². The molecule has 1 amide bonds. The van der Waals surface area contributed by atoms with Crippen molar-refractivity contribution in [2.45, 2.75) is 25.2 Å². The van der Waals surface area contributed by atoms with E-state index in [1.807, 2.05) is 6.08 Å². The number of nitrogens with zero attached hydrogens (tertiary/aromatic N) is 1. The molecule has 0 spiro atoms. The number of thioether (sulfide) groups is 1. The molecule has 3 rings (SSSR count). The number of benzene rings is 2. The Hall–Kier alpha value is -2.46. The highest BCUT2D eigenvalue weighted by Gasteiger charge is 2.28. The van der Waals surface area contributed by atoms with Gasteiger partial charge in [-0.15, -0.1) is 6.58 Å². The van der Waals surface area contributed by atoms with Crippen molar-refractivity contribution in [2.75, 3.05) is 13.2 Å². The third-order valence-corrected chi connectivity index (χ3v) is 5.42. The molecule has 0 unspecified atom stereocenters. The summed E-state index contributed by atoms with van der Waals surface area (Å²) in [5.41, 5.74) is 4.61. The lowest BCUT2D eigenvalue weighted by Gasteiger charge is -2.21. The van der Waals surface area contributed by atoms with E-state index in [1.54, 1.807) is 16.7 Å². The van der Waals surface area contributed by atoms with Gasteiger partial charge >= 0.3 is 6.09 Å². The molecular weight excluding hydrogens is 342 g/mol. The second kappa shape index (κ2) is 8.28. The standard InChI is InChI=1S/C22H23NO2S/c1-4-5-20(18-10-6-16(2)7-11-18)21(23-14-15-25-22(23)24)26-19-12-8-17(3)9-13-19/h4,6-13H,1,5,14-15H2,2-3H3/b21-20+. The number of rotatable bonds is 6. The molecule has 2 aromatic rings. The van der Waals surface area contributed by atoms with Crippen molar-refractivity contribution in [1.29, 1.82) is 0 Å². The molecule has 0 saturated carbocycles. The molecular formula is C22H23NO2S. The van der Waals surface area contributed by atoms with Crippen LogP contribution >= 0.6 is 11.8 Å². The van der Waals surface area contributed by atoms with Crippen molar-refractivity contribution < 1.29 is 9.53 Å². The van der Waals surface area contributed by atoms with Crippen LogP contribution < -0.4 is 0 Å². The fourth-order valence-electron chi connectivity index (χ4n) is 2.80. The van der Waals surface area contributed by atoms with Crippen molar-refractivity contribution in [2.24, 2.45) is 0 Å². The smallest absolute Gasteiger partial charge is 0.414 e. The lowest BCUT2D eigenvalue weighted by atomic mass is 10.0. The molecule has 134 valence electrons. The fraction of sp³-hybridized carbons (Fsp3) is 0.227. The predicted molar refractivity (Wildman–Crippen MR) is 108 cm³/mol. The highest BCUT2D eigenvalue weighted by atomic mass is 32.2. The Morgan fingerprint density at radius 2 is 1.73 bits per heavy atom. The zero-order chi connectivity index (χ0) is 18.5.